The maximum atomic E-state index is 10.9. The summed E-state index contributed by atoms with van der Waals surface area (Å²) >= 11 is 0. The molecule has 14 heavy (non-hydrogen) atoms. The van der Waals surface area contributed by atoms with Crippen molar-refractivity contribution in [2.75, 3.05) is 0 Å². The second kappa shape index (κ2) is 1.43. The molecule has 10 atom stereocenters. The Morgan fingerprint density at radius 1 is 0.857 bits per heavy atom. The molecule has 0 aromatic heterocycles. The Kier molecular flexibility index (Phi) is 0.668. The van der Waals surface area contributed by atoms with Gasteiger partial charge in [-0.1, -0.05) is 0 Å². The summed E-state index contributed by atoms with van der Waals surface area (Å²) in [5.74, 6) is 8.82. The van der Waals surface area contributed by atoms with Gasteiger partial charge in [0.15, 0.2) is 0 Å². The first-order chi connectivity index (χ1) is 6.81. The zero-order chi connectivity index (χ0) is 8.82. The van der Waals surface area contributed by atoms with Crippen molar-refractivity contribution in [2.45, 2.75) is 24.9 Å². The van der Waals surface area contributed by atoms with Crippen LogP contribution >= 0.6 is 0 Å². The normalized spacial score (nSPS) is 88.5. The molecule has 0 spiro atoms. The van der Waals surface area contributed by atoms with Gasteiger partial charge >= 0.3 is 0 Å². The third-order valence-electron chi connectivity index (χ3n) is 7.66. The highest BCUT2D eigenvalue weighted by Crippen LogP contribution is 2.87. The van der Waals surface area contributed by atoms with Crippen molar-refractivity contribution in [2.24, 2.45) is 53.3 Å². The van der Waals surface area contributed by atoms with Crippen LogP contribution in [-0.4, -0.2) is 10.7 Å². The average molecular weight is 188 g/mol. The van der Waals surface area contributed by atoms with Crippen LogP contribution in [0.4, 0.5) is 0 Å². The van der Waals surface area contributed by atoms with E-state index in [1.54, 1.807) is 0 Å². The number of rotatable bonds is 0. The Bertz CT molecular complexity index is 373. The first-order valence-electron chi connectivity index (χ1n) is 6.53. The lowest BCUT2D eigenvalue weighted by Gasteiger charge is -2.59. The van der Waals surface area contributed by atoms with Crippen LogP contribution in [0.3, 0.4) is 0 Å². The summed E-state index contributed by atoms with van der Waals surface area (Å²) in [6.45, 7) is 0. The van der Waals surface area contributed by atoms with Crippen molar-refractivity contribution >= 4 is 0 Å². The van der Waals surface area contributed by atoms with Gasteiger partial charge in [0.25, 0.3) is 0 Å². The van der Waals surface area contributed by atoms with Gasteiger partial charge in [-0.15, -0.1) is 0 Å². The summed E-state index contributed by atoms with van der Waals surface area (Å²) < 4.78 is 0. The number of hydrogen-bond donors (Lipinski definition) is 1. The van der Waals surface area contributed by atoms with Crippen LogP contribution in [0.2, 0.25) is 0 Å². The van der Waals surface area contributed by atoms with Gasteiger partial charge in [0.05, 0.1) is 5.60 Å². The largest absolute Gasteiger partial charge is 0.389 e. The fourth-order valence-electron chi connectivity index (χ4n) is 7.97. The van der Waals surface area contributed by atoms with E-state index >= 15 is 0 Å². The maximum Gasteiger partial charge on any atom is 0.0715 e. The lowest BCUT2D eigenvalue weighted by molar-refractivity contribution is -0.140. The minimum absolute atomic E-state index is 0.138. The molecule has 0 amide bonds. The summed E-state index contributed by atoms with van der Waals surface area (Å²) in [6.07, 6.45) is 4.16. The summed E-state index contributed by atoms with van der Waals surface area (Å²) in [6, 6.07) is 0. The molecule has 0 aliphatic heterocycles. The van der Waals surface area contributed by atoms with Crippen LogP contribution in [0.5, 0.6) is 0 Å². The minimum atomic E-state index is -0.138. The van der Waals surface area contributed by atoms with E-state index in [0.29, 0.717) is 0 Å². The molecule has 5 fully saturated rings. The predicted molar refractivity (Wildman–Crippen MR) is 50.2 cm³/mol. The summed E-state index contributed by atoms with van der Waals surface area (Å²) in [4.78, 5) is 0. The van der Waals surface area contributed by atoms with Crippen molar-refractivity contribution in [1.29, 1.82) is 0 Å². The lowest BCUT2D eigenvalue weighted by Crippen LogP contribution is -2.56. The molecular formula is C13H16O. The molecule has 74 valence electrons. The molecular weight excluding hydrogens is 172 g/mol. The fourth-order valence-corrected chi connectivity index (χ4v) is 7.97. The van der Waals surface area contributed by atoms with Gasteiger partial charge in [-0.2, -0.15) is 0 Å². The molecule has 0 heterocycles. The van der Waals surface area contributed by atoms with Gasteiger partial charge in [0.1, 0.15) is 0 Å². The van der Waals surface area contributed by atoms with E-state index in [4.69, 9.17) is 0 Å². The Morgan fingerprint density at radius 3 is 2.71 bits per heavy atom. The van der Waals surface area contributed by atoms with Crippen LogP contribution in [0.1, 0.15) is 19.3 Å². The van der Waals surface area contributed by atoms with Crippen LogP contribution in [0, 0.1) is 53.3 Å². The van der Waals surface area contributed by atoms with Crippen LogP contribution < -0.4 is 0 Å². The molecule has 1 nitrogen and oxygen atoms in total. The van der Waals surface area contributed by atoms with Gasteiger partial charge in [0.2, 0.25) is 0 Å². The van der Waals surface area contributed by atoms with Gasteiger partial charge in [-0.05, 0) is 72.5 Å². The molecule has 5 aliphatic carbocycles. The molecule has 0 radical (unpaired) electrons. The van der Waals surface area contributed by atoms with Gasteiger partial charge in [-0.25, -0.2) is 0 Å². The molecule has 1 N–H and O–H groups in total. The maximum absolute atomic E-state index is 10.9. The monoisotopic (exact) mass is 188 g/mol. The first kappa shape index (κ1) is 6.52. The number of hydrogen-bond acceptors (Lipinski definition) is 1. The highest BCUT2D eigenvalue weighted by molar-refractivity contribution is 5.33. The predicted octanol–water partition coefficient (Wildman–Crippen LogP) is 1.52. The van der Waals surface area contributed by atoms with Crippen LogP contribution in [0.15, 0.2) is 0 Å². The lowest BCUT2D eigenvalue weighted by atomic mass is 9.45. The van der Waals surface area contributed by atoms with Crippen molar-refractivity contribution < 1.29 is 5.11 Å². The van der Waals surface area contributed by atoms with E-state index < -0.39 is 0 Å². The molecule has 1 heteroatoms. The third-order valence-corrected chi connectivity index (χ3v) is 7.66. The summed E-state index contributed by atoms with van der Waals surface area (Å²) in [7, 11) is 0. The van der Waals surface area contributed by atoms with Crippen LogP contribution in [-0.2, 0) is 0 Å². The molecule has 0 aromatic carbocycles. The fraction of sp³-hybridized carbons (Fsp3) is 1.00. The first-order valence-corrected chi connectivity index (χ1v) is 6.53. The molecule has 5 saturated carbocycles. The van der Waals surface area contributed by atoms with E-state index in [-0.39, 0.29) is 5.60 Å². The number of aliphatic hydroxyl groups is 1. The minimum Gasteiger partial charge on any atom is -0.389 e. The van der Waals surface area contributed by atoms with Crippen molar-refractivity contribution in [3.05, 3.63) is 0 Å². The number of fused-ring (bicyclic) bond motifs is 14. The summed E-state index contributed by atoms with van der Waals surface area (Å²) in [5.41, 5.74) is -0.138. The van der Waals surface area contributed by atoms with E-state index in [0.717, 1.165) is 53.3 Å². The average Bonchev–Trinajstić information content (AvgIpc) is 2.71. The molecule has 5 aliphatic rings. The van der Waals surface area contributed by atoms with Crippen molar-refractivity contribution in [3.63, 3.8) is 0 Å². The second-order valence-corrected chi connectivity index (χ2v) is 7.19. The molecule has 0 saturated heterocycles. The van der Waals surface area contributed by atoms with E-state index in [1.807, 2.05) is 0 Å². The van der Waals surface area contributed by atoms with Gasteiger partial charge in [-0.3, -0.25) is 0 Å². The van der Waals surface area contributed by atoms with Gasteiger partial charge < -0.3 is 5.11 Å². The molecule has 0 unspecified atom stereocenters. The Labute approximate surface area is 83.9 Å². The van der Waals surface area contributed by atoms with Crippen molar-refractivity contribution in [3.8, 4) is 0 Å². The topological polar surface area (TPSA) is 20.2 Å². The highest BCUT2D eigenvalue weighted by Gasteiger charge is 2.85. The Balaban J connectivity index is 1.77. The summed E-state index contributed by atoms with van der Waals surface area (Å²) in [5, 5.41) is 10.9. The van der Waals surface area contributed by atoms with Gasteiger partial charge in [0, 0.05) is 0 Å². The SMILES string of the molecule is O[C@]12C[C@@H]3[C@@H]4[C@H]5C[C@@H]6[C@@H](C[C@@H]1[C@@H]3[C@H]64)[C@@H]52. The third kappa shape index (κ3) is 0.340. The Morgan fingerprint density at radius 2 is 1.79 bits per heavy atom. The smallest absolute Gasteiger partial charge is 0.0715 e. The molecule has 0 aromatic rings. The standard InChI is InChI=1S/C13H16O/c14-13-3-7-9-6-1-4-5(12(6)13)2-8(13)10(7)11(4)9/h4-12,14H,1-3H2/t4-,5-,6-,7-,8-,9+,10-,11-,12+,13-/m1/s1. The van der Waals surface area contributed by atoms with Crippen molar-refractivity contribution in [1.82, 2.24) is 0 Å². The Hall–Kier alpha value is -0.0400. The second-order valence-electron chi connectivity index (χ2n) is 7.19. The zero-order valence-electron chi connectivity index (χ0n) is 8.26. The molecule has 5 rings (SSSR count). The quantitative estimate of drug-likeness (QED) is 0.571. The van der Waals surface area contributed by atoms with E-state index in [9.17, 15) is 5.11 Å². The molecule has 2 bridgehead atoms. The highest BCUT2D eigenvalue weighted by atomic mass is 16.3. The zero-order valence-corrected chi connectivity index (χ0v) is 8.26. The van der Waals surface area contributed by atoms with E-state index in [1.165, 1.54) is 19.3 Å². The van der Waals surface area contributed by atoms with Crippen LogP contribution in [0.25, 0.3) is 0 Å². The van der Waals surface area contributed by atoms with E-state index in [2.05, 4.69) is 0 Å².